The number of carbonyl (C=O) groups is 1. The molecular weight excluding hydrogens is 320 g/mol. The van der Waals surface area contributed by atoms with Gasteiger partial charge in [-0.15, -0.1) is 0 Å². The Morgan fingerprint density at radius 2 is 2.16 bits per heavy atom. The molecular formula is C18H26N4O3. The zero-order valence-electron chi connectivity index (χ0n) is 14.6. The van der Waals surface area contributed by atoms with Crippen molar-refractivity contribution in [1.82, 2.24) is 14.9 Å². The van der Waals surface area contributed by atoms with Gasteiger partial charge >= 0.3 is 6.03 Å². The van der Waals surface area contributed by atoms with E-state index in [2.05, 4.69) is 15.6 Å². The van der Waals surface area contributed by atoms with Crippen LogP contribution in [0.5, 0.6) is 0 Å². The molecule has 1 aromatic heterocycles. The second-order valence-electron chi connectivity index (χ2n) is 5.48. The van der Waals surface area contributed by atoms with Crippen LogP contribution in [0.2, 0.25) is 0 Å². The quantitative estimate of drug-likeness (QED) is 0.613. The topological polar surface area (TPSA) is 77.4 Å². The average Bonchev–Trinajstić information content (AvgIpc) is 3.12. The molecule has 2 amide bonds. The molecule has 0 aliphatic carbocycles. The third kappa shape index (κ3) is 7.82. The highest BCUT2D eigenvalue weighted by Crippen LogP contribution is 2.11. The monoisotopic (exact) mass is 346 g/mol. The lowest BCUT2D eigenvalue weighted by Crippen LogP contribution is -2.30. The molecule has 7 nitrogen and oxygen atoms in total. The third-order valence-electron chi connectivity index (χ3n) is 3.47. The molecule has 2 N–H and O–H groups in total. The van der Waals surface area contributed by atoms with E-state index < -0.39 is 0 Å². The normalized spacial score (nSPS) is 10.6. The maximum Gasteiger partial charge on any atom is 0.319 e. The van der Waals surface area contributed by atoms with Gasteiger partial charge in [-0.25, -0.2) is 9.78 Å². The van der Waals surface area contributed by atoms with E-state index in [0.29, 0.717) is 33.0 Å². The number of benzene rings is 1. The Morgan fingerprint density at radius 3 is 2.96 bits per heavy atom. The van der Waals surface area contributed by atoms with E-state index in [1.807, 2.05) is 42.0 Å². The number of ether oxygens (including phenoxy) is 2. The Kier molecular flexibility index (Phi) is 8.51. The second kappa shape index (κ2) is 11.2. The molecule has 136 valence electrons. The van der Waals surface area contributed by atoms with Crippen LogP contribution < -0.4 is 10.6 Å². The van der Waals surface area contributed by atoms with Crippen LogP contribution in [0.4, 0.5) is 10.5 Å². The van der Waals surface area contributed by atoms with Crippen LogP contribution in [0, 0.1) is 0 Å². The highest BCUT2D eigenvalue weighted by Gasteiger charge is 2.02. The van der Waals surface area contributed by atoms with Crippen molar-refractivity contribution in [2.75, 3.05) is 31.7 Å². The summed E-state index contributed by atoms with van der Waals surface area (Å²) in [5, 5.41) is 5.69. The van der Waals surface area contributed by atoms with Crippen LogP contribution in [0.25, 0.3) is 0 Å². The van der Waals surface area contributed by atoms with Crippen LogP contribution >= 0.6 is 0 Å². The summed E-state index contributed by atoms with van der Waals surface area (Å²) in [5.74, 6) is 0. The van der Waals surface area contributed by atoms with Gasteiger partial charge in [-0.3, -0.25) is 0 Å². The summed E-state index contributed by atoms with van der Waals surface area (Å²) < 4.78 is 12.7. The molecule has 1 heterocycles. The Morgan fingerprint density at radius 1 is 1.28 bits per heavy atom. The number of nitrogens with zero attached hydrogens (tertiary/aromatic N) is 2. The van der Waals surface area contributed by atoms with E-state index >= 15 is 0 Å². The summed E-state index contributed by atoms with van der Waals surface area (Å²) >= 11 is 0. The summed E-state index contributed by atoms with van der Waals surface area (Å²) in [6.45, 7) is 5.73. The maximum absolute atomic E-state index is 11.9. The minimum Gasteiger partial charge on any atom is -0.379 e. The molecule has 0 atom stereocenters. The molecule has 0 saturated heterocycles. The predicted molar refractivity (Wildman–Crippen MR) is 96.5 cm³/mol. The van der Waals surface area contributed by atoms with Crippen molar-refractivity contribution in [2.45, 2.75) is 26.5 Å². The maximum atomic E-state index is 11.9. The number of hydrogen-bond donors (Lipinski definition) is 2. The first-order valence-electron chi connectivity index (χ1n) is 8.53. The smallest absolute Gasteiger partial charge is 0.319 e. The fraction of sp³-hybridized carbons (Fsp3) is 0.444. The van der Waals surface area contributed by atoms with Gasteiger partial charge in [0.15, 0.2) is 0 Å². The number of rotatable bonds is 11. The zero-order chi connectivity index (χ0) is 17.7. The fourth-order valence-corrected chi connectivity index (χ4v) is 2.25. The van der Waals surface area contributed by atoms with Gasteiger partial charge in [-0.2, -0.15) is 0 Å². The first-order valence-corrected chi connectivity index (χ1v) is 8.53. The van der Waals surface area contributed by atoms with E-state index in [4.69, 9.17) is 9.47 Å². The molecule has 0 unspecified atom stereocenters. The lowest BCUT2D eigenvalue weighted by atomic mass is 10.2. The van der Waals surface area contributed by atoms with E-state index in [1.54, 1.807) is 12.5 Å². The first kappa shape index (κ1) is 19.0. The van der Waals surface area contributed by atoms with Gasteiger partial charge in [0.2, 0.25) is 0 Å². The lowest BCUT2D eigenvalue weighted by Gasteiger charge is -2.10. The molecule has 7 heteroatoms. The van der Waals surface area contributed by atoms with Crippen LogP contribution in [0.15, 0.2) is 43.0 Å². The van der Waals surface area contributed by atoms with Gasteiger partial charge < -0.3 is 24.7 Å². The molecule has 1 aromatic carbocycles. The average molecular weight is 346 g/mol. The highest BCUT2D eigenvalue weighted by molar-refractivity contribution is 5.89. The van der Waals surface area contributed by atoms with Crippen LogP contribution in [0.1, 0.15) is 18.9 Å². The predicted octanol–water partition coefficient (Wildman–Crippen LogP) is 2.65. The summed E-state index contributed by atoms with van der Waals surface area (Å²) in [7, 11) is 0. The Hall–Kier alpha value is -2.38. The van der Waals surface area contributed by atoms with Crippen molar-refractivity contribution in [3.8, 4) is 0 Å². The highest BCUT2D eigenvalue weighted by atomic mass is 16.5. The SMILES string of the molecule is CCOCCOCc1cccc(NC(=O)NCCCn2ccnc2)c1. The van der Waals surface area contributed by atoms with E-state index in [-0.39, 0.29) is 6.03 Å². The van der Waals surface area contributed by atoms with Crippen LogP contribution in [-0.2, 0) is 22.6 Å². The summed E-state index contributed by atoms with van der Waals surface area (Å²) in [6.07, 6.45) is 6.26. The first-order chi connectivity index (χ1) is 12.3. The number of aryl methyl sites for hydroxylation is 1. The lowest BCUT2D eigenvalue weighted by molar-refractivity contribution is 0.0453. The van der Waals surface area contributed by atoms with E-state index in [1.165, 1.54) is 0 Å². The molecule has 0 fully saturated rings. The number of carbonyl (C=O) groups excluding carboxylic acids is 1. The Bertz CT molecular complexity index is 617. The van der Waals surface area contributed by atoms with E-state index in [0.717, 1.165) is 24.2 Å². The number of amides is 2. The van der Waals surface area contributed by atoms with Crippen molar-refractivity contribution in [3.63, 3.8) is 0 Å². The number of anilines is 1. The largest absolute Gasteiger partial charge is 0.379 e. The van der Waals surface area contributed by atoms with Gasteiger partial charge in [0.05, 0.1) is 26.1 Å². The van der Waals surface area contributed by atoms with Crippen molar-refractivity contribution in [1.29, 1.82) is 0 Å². The second-order valence-corrected chi connectivity index (χ2v) is 5.48. The van der Waals surface area contributed by atoms with Gasteiger partial charge in [-0.1, -0.05) is 12.1 Å². The van der Waals surface area contributed by atoms with Crippen molar-refractivity contribution in [3.05, 3.63) is 48.5 Å². The minimum atomic E-state index is -0.208. The van der Waals surface area contributed by atoms with Crippen molar-refractivity contribution < 1.29 is 14.3 Å². The molecule has 0 spiro atoms. The summed E-state index contributed by atoms with van der Waals surface area (Å²) in [6, 6.07) is 7.42. The minimum absolute atomic E-state index is 0.208. The Labute approximate surface area is 148 Å². The summed E-state index contributed by atoms with van der Waals surface area (Å²) in [5.41, 5.74) is 1.76. The standard InChI is InChI=1S/C18H26N4O3/c1-2-24-11-12-25-14-16-5-3-6-17(13-16)21-18(23)20-7-4-9-22-10-8-19-15-22/h3,5-6,8,10,13,15H,2,4,7,9,11-12,14H2,1H3,(H2,20,21,23). The molecule has 0 radical (unpaired) electrons. The molecule has 0 bridgehead atoms. The zero-order valence-corrected chi connectivity index (χ0v) is 14.6. The van der Waals surface area contributed by atoms with E-state index in [9.17, 15) is 4.79 Å². The van der Waals surface area contributed by atoms with Gasteiger partial charge in [0.1, 0.15) is 0 Å². The molecule has 0 aliphatic heterocycles. The molecule has 0 aliphatic rings. The summed E-state index contributed by atoms with van der Waals surface area (Å²) in [4.78, 5) is 15.9. The molecule has 0 saturated carbocycles. The van der Waals surface area contributed by atoms with Gasteiger partial charge in [-0.05, 0) is 31.0 Å². The molecule has 2 rings (SSSR count). The number of imidazole rings is 1. The number of aromatic nitrogens is 2. The van der Waals surface area contributed by atoms with Crippen LogP contribution in [0.3, 0.4) is 0 Å². The Balaban J connectivity index is 1.64. The number of hydrogen-bond acceptors (Lipinski definition) is 4. The van der Waals surface area contributed by atoms with Gasteiger partial charge in [0.25, 0.3) is 0 Å². The molecule has 2 aromatic rings. The number of urea groups is 1. The third-order valence-corrected chi connectivity index (χ3v) is 3.47. The van der Waals surface area contributed by atoms with Crippen LogP contribution in [-0.4, -0.2) is 41.9 Å². The number of nitrogens with one attached hydrogen (secondary N) is 2. The van der Waals surface area contributed by atoms with Crippen molar-refractivity contribution >= 4 is 11.7 Å². The fourth-order valence-electron chi connectivity index (χ4n) is 2.25. The van der Waals surface area contributed by atoms with Crippen molar-refractivity contribution in [2.24, 2.45) is 0 Å². The molecule has 25 heavy (non-hydrogen) atoms. The van der Waals surface area contributed by atoms with Gasteiger partial charge in [0, 0.05) is 37.8 Å².